The molecule has 1 aliphatic heterocycles. The van der Waals surface area contributed by atoms with E-state index < -0.39 is 17.5 Å². The van der Waals surface area contributed by atoms with Crippen molar-refractivity contribution >= 4 is 6.03 Å². The molecule has 3 aliphatic rings. The van der Waals surface area contributed by atoms with E-state index in [1.165, 1.54) is 0 Å². The van der Waals surface area contributed by atoms with Gasteiger partial charge in [0.05, 0.1) is 17.6 Å². The van der Waals surface area contributed by atoms with Gasteiger partial charge in [0.15, 0.2) is 0 Å². The molecule has 0 aromatic carbocycles. The molecule has 0 bridgehead atoms. The molecule has 156 valence electrons. The number of hydrogen-bond acceptors (Lipinski definition) is 2. The average Bonchev–Trinajstić information content (AvgIpc) is 2.47. The van der Waals surface area contributed by atoms with Crippen LogP contribution in [0.2, 0.25) is 0 Å². The van der Waals surface area contributed by atoms with E-state index in [0.717, 1.165) is 25.7 Å². The first-order valence-corrected chi connectivity index (χ1v) is 10.3. The van der Waals surface area contributed by atoms with E-state index in [4.69, 9.17) is 4.74 Å². The SMILES string of the molecule is CC(C)(C)OC1CC(CCNC(=O)N2CCC(C(F)(F)F)C3(CCC3)C2)C1. The van der Waals surface area contributed by atoms with Gasteiger partial charge < -0.3 is 15.0 Å². The lowest BCUT2D eigenvalue weighted by Crippen LogP contribution is -2.59. The van der Waals surface area contributed by atoms with Gasteiger partial charge >= 0.3 is 12.2 Å². The quantitative estimate of drug-likeness (QED) is 0.754. The van der Waals surface area contributed by atoms with Gasteiger partial charge in [0.2, 0.25) is 0 Å². The van der Waals surface area contributed by atoms with Crippen LogP contribution in [0.1, 0.15) is 65.7 Å². The molecule has 4 nitrogen and oxygen atoms in total. The van der Waals surface area contributed by atoms with E-state index in [0.29, 0.717) is 31.4 Å². The summed E-state index contributed by atoms with van der Waals surface area (Å²) < 4.78 is 45.9. The molecule has 1 N–H and O–H groups in total. The predicted molar refractivity (Wildman–Crippen MR) is 97.4 cm³/mol. The average molecular weight is 390 g/mol. The first kappa shape index (κ1) is 20.7. The molecule has 1 saturated heterocycles. The highest BCUT2D eigenvalue weighted by molar-refractivity contribution is 5.74. The topological polar surface area (TPSA) is 41.6 Å². The number of hydrogen-bond donors (Lipinski definition) is 1. The summed E-state index contributed by atoms with van der Waals surface area (Å²) in [6.07, 6.45) is 1.13. The van der Waals surface area contributed by atoms with Crippen LogP contribution in [0.4, 0.5) is 18.0 Å². The predicted octanol–water partition coefficient (Wildman–Crippen LogP) is 4.73. The Morgan fingerprint density at radius 2 is 1.89 bits per heavy atom. The second kappa shape index (κ2) is 7.45. The Morgan fingerprint density at radius 3 is 2.41 bits per heavy atom. The van der Waals surface area contributed by atoms with Crippen LogP contribution in [-0.2, 0) is 4.74 Å². The van der Waals surface area contributed by atoms with E-state index in [1.54, 1.807) is 4.90 Å². The third-order valence-electron chi connectivity index (χ3n) is 6.51. The van der Waals surface area contributed by atoms with Crippen LogP contribution in [0.3, 0.4) is 0 Å². The normalized spacial score (nSPS) is 30.6. The Bertz CT molecular complexity index is 534. The maximum absolute atomic E-state index is 13.3. The van der Waals surface area contributed by atoms with Gasteiger partial charge in [-0.3, -0.25) is 0 Å². The molecule has 1 spiro atoms. The molecule has 0 aromatic rings. The molecular formula is C20H33F3N2O2. The largest absolute Gasteiger partial charge is 0.392 e. The minimum absolute atomic E-state index is 0.0331. The maximum atomic E-state index is 13.3. The molecule has 0 radical (unpaired) electrons. The lowest BCUT2D eigenvalue weighted by molar-refractivity contribution is -0.235. The number of rotatable bonds is 4. The summed E-state index contributed by atoms with van der Waals surface area (Å²) >= 11 is 0. The molecular weight excluding hydrogens is 357 g/mol. The van der Waals surface area contributed by atoms with Gasteiger partial charge in [0, 0.05) is 19.6 Å². The van der Waals surface area contributed by atoms with Crippen molar-refractivity contribution in [2.24, 2.45) is 17.3 Å². The minimum Gasteiger partial charge on any atom is -0.373 e. The number of nitrogens with one attached hydrogen (secondary N) is 1. The highest BCUT2D eigenvalue weighted by atomic mass is 19.4. The maximum Gasteiger partial charge on any atom is 0.392 e. The number of carbonyl (C=O) groups excluding carboxylic acids is 1. The van der Waals surface area contributed by atoms with Crippen molar-refractivity contribution in [1.29, 1.82) is 0 Å². The smallest absolute Gasteiger partial charge is 0.373 e. The molecule has 2 aliphatic carbocycles. The zero-order valence-electron chi connectivity index (χ0n) is 16.7. The molecule has 27 heavy (non-hydrogen) atoms. The first-order valence-electron chi connectivity index (χ1n) is 10.3. The standard InChI is InChI=1S/C20H33F3N2O2/c1-18(2,3)27-15-11-14(12-15)5-9-24-17(26)25-10-6-16(20(21,22)23)19(13-25)7-4-8-19/h14-16H,4-13H2,1-3H3,(H,24,26). The summed E-state index contributed by atoms with van der Waals surface area (Å²) in [5, 5.41) is 2.92. The van der Waals surface area contributed by atoms with E-state index in [1.807, 2.05) is 0 Å². The molecule has 2 amide bonds. The van der Waals surface area contributed by atoms with E-state index in [9.17, 15) is 18.0 Å². The van der Waals surface area contributed by atoms with Crippen LogP contribution in [0.15, 0.2) is 0 Å². The number of alkyl halides is 3. The number of amides is 2. The van der Waals surface area contributed by atoms with E-state index in [2.05, 4.69) is 26.1 Å². The van der Waals surface area contributed by atoms with Gasteiger partial charge in [-0.05, 0) is 70.6 Å². The second-order valence-corrected chi connectivity index (χ2v) is 9.73. The molecule has 7 heteroatoms. The minimum atomic E-state index is -4.15. The Hall–Kier alpha value is -0.980. The Kier molecular flexibility index (Phi) is 5.72. The number of ether oxygens (including phenoxy) is 1. The third kappa shape index (κ3) is 4.90. The van der Waals surface area contributed by atoms with Crippen molar-refractivity contribution in [3.05, 3.63) is 0 Å². The first-order chi connectivity index (χ1) is 12.5. The van der Waals surface area contributed by atoms with Gasteiger partial charge in [0.1, 0.15) is 0 Å². The molecule has 3 fully saturated rings. The Balaban J connectivity index is 1.39. The van der Waals surface area contributed by atoms with Crippen molar-refractivity contribution < 1.29 is 22.7 Å². The summed E-state index contributed by atoms with van der Waals surface area (Å²) in [6, 6.07) is -0.205. The number of carbonyl (C=O) groups is 1. The van der Waals surface area contributed by atoms with Gasteiger partial charge in [-0.25, -0.2) is 4.79 Å². The fourth-order valence-corrected chi connectivity index (χ4v) is 4.98. The summed E-state index contributed by atoms with van der Waals surface area (Å²) in [7, 11) is 0. The van der Waals surface area contributed by atoms with Crippen LogP contribution < -0.4 is 5.32 Å². The van der Waals surface area contributed by atoms with Crippen LogP contribution in [-0.4, -0.2) is 48.4 Å². The molecule has 2 saturated carbocycles. The molecule has 1 unspecified atom stereocenters. The van der Waals surface area contributed by atoms with Crippen LogP contribution in [0.5, 0.6) is 0 Å². The number of likely N-dealkylation sites (tertiary alicyclic amines) is 1. The van der Waals surface area contributed by atoms with Crippen LogP contribution in [0.25, 0.3) is 0 Å². The number of piperidine rings is 1. The van der Waals surface area contributed by atoms with Gasteiger partial charge in [-0.1, -0.05) is 6.42 Å². The number of halogens is 3. The van der Waals surface area contributed by atoms with Crippen molar-refractivity contribution in [3.8, 4) is 0 Å². The third-order valence-corrected chi connectivity index (χ3v) is 6.51. The second-order valence-electron chi connectivity index (χ2n) is 9.73. The number of urea groups is 1. The molecule has 1 atom stereocenters. The fourth-order valence-electron chi connectivity index (χ4n) is 4.98. The fraction of sp³-hybridized carbons (Fsp3) is 0.950. The zero-order valence-corrected chi connectivity index (χ0v) is 16.7. The van der Waals surface area contributed by atoms with E-state index >= 15 is 0 Å². The lowest BCUT2D eigenvalue weighted by Gasteiger charge is -2.54. The van der Waals surface area contributed by atoms with Crippen LogP contribution in [0, 0.1) is 17.3 Å². The Labute approximate surface area is 160 Å². The highest BCUT2D eigenvalue weighted by Crippen LogP contribution is 2.56. The molecule has 0 aromatic heterocycles. The highest BCUT2D eigenvalue weighted by Gasteiger charge is 2.58. The summed E-state index contributed by atoms with van der Waals surface area (Å²) in [4.78, 5) is 14.0. The summed E-state index contributed by atoms with van der Waals surface area (Å²) in [6.45, 7) is 7.18. The molecule has 1 heterocycles. The van der Waals surface area contributed by atoms with Crippen molar-refractivity contribution in [2.45, 2.75) is 83.6 Å². The van der Waals surface area contributed by atoms with E-state index in [-0.39, 0.29) is 31.1 Å². The summed E-state index contributed by atoms with van der Waals surface area (Å²) in [5.41, 5.74) is -0.858. The van der Waals surface area contributed by atoms with Gasteiger partial charge in [0.25, 0.3) is 0 Å². The summed E-state index contributed by atoms with van der Waals surface area (Å²) in [5.74, 6) is -0.691. The number of nitrogens with zero attached hydrogens (tertiary/aromatic N) is 1. The van der Waals surface area contributed by atoms with Gasteiger partial charge in [-0.2, -0.15) is 13.2 Å². The van der Waals surface area contributed by atoms with Crippen molar-refractivity contribution in [1.82, 2.24) is 10.2 Å². The van der Waals surface area contributed by atoms with Crippen molar-refractivity contribution in [2.75, 3.05) is 19.6 Å². The Morgan fingerprint density at radius 1 is 1.22 bits per heavy atom. The van der Waals surface area contributed by atoms with Crippen LogP contribution >= 0.6 is 0 Å². The molecule has 3 rings (SSSR count). The van der Waals surface area contributed by atoms with Gasteiger partial charge in [-0.15, -0.1) is 0 Å². The van der Waals surface area contributed by atoms with Crippen molar-refractivity contribution in [3.63, 3.8) is 0 Å². The lowest BCUT2D eigenvalue weighted by atomic mass is 9.58. The zero-order chi connectivity index (χ0) is 19.9. The monoisotopic (exact) mass is 390 g/mol.